The first-order valence-electron chi connectivity index (χ1n) is 20.5. The van der Waals surface area contributed by atoms with Crippen LogP contribution >= 0.6 is 11.3 Å². The Morgan fingerprint density at radius 3 is 1.64 bits per heavy atom. The zero-order valence-electron chi connectivity index (χ0n) is 32.6. The third-order valence-corrected chi connectivity index (χ3v) is 14.4. The van der Waals surface area contributed by atoms with Crippen molar-refractivity contribution in [3.05, 3.63) is 193 Å². The molecule has 2 aromatic heterocycles. The average Bonchev–Trinajstić information content (AvgIpc) is 3.91. The average molecular weight is 769 g/mol. The van der Waals surface area contributed by atoms with Gasteiger partial charge in [-0.1, -0.05) is 166 Å². The Morgan fingerprint density at radius 2 is 0.915 bits per heavy atom. The summed E-state index contributed by atoms with van der Waals surface area (Å²) >= 11 is 1.88. The van der Waals surface area contributed by atoms with E-state index in [9.17, 15) is 0 Å². The molecule has 12 aromatic rings. The second-order valence-corrected chi connectivity index (χ2v) is 17.8. The summed E-state index contributed by atoms with van der Waals surface area (Å²) in [6, 6.07) is 67.6. The molecule has 0 unspecified atom stereocenters. The molecule has 0 N–H and O–H groups in total. The second kappa shape index (κ2) is 12.0. The maximum Gasteiger partial charge on any atom is 0.143 e. The van der Waals surface area contributed by atoms with E-state index in [2.05, 4.69) is 196 Å². The lowest BCUT2D eigenvalue weighted by Crippen LogP contribution is -2.14. The summed E-state index contributed by atoms with van der Waals surface area (Å²) in [5, 5.41) is 12.4. The van der Waals surface area contributed by atoms with Gasteiger partial charge in [0, 0.05) is 41.7 Å². The predicted molar refractivity (Wildman–Crippen MR) is 253 cm³/mol. The summed E-state index contributed by atoms with van der Waals surface area (Å²) in [4.78, 5) is 0. The fourth-order valence-electron chi connectivity index (χ4n) is 10.5. The molecule has 0 bridgehead atoms. The zero-order chi connectivity index (χ0) is 39.0. The molecule has 10 aromatic carbocycles. The minimum Gasteiger partial charge on any atom is -0.455 e. The largest absolute Gasteiger partial charge is 0.455 e. The maximum atomic E-state index is 6.80. The molecule has 13 rings (SSSR count). The van der Waals surface area contributed by atoms with Gasteiger partial charge < -0.3 is 4.42 Å². The molecular weight excluding hydrogens is 733 g/mol. The van der Waals surface area contributed by atoms with Gasteiger partial charge in [-0.15, -0.1) is 11.3 Å². The minimum absolute atomic E-state index is 0.0848. The lowest BCUT2D eigenvalue weighted by molar-refractivity contribution is 0.658. The molecule has 0 saturated heterocycles. The Balaban J connectivity index is 0.981. The van der Waals surface area contributed by atoms with Crippen LogP contribution in [0, 0.1) is 0 Å². The van der Waals surface area contributed by atoms with Gasteiger partial charge in [-0.2, -0.15) is 0 Å². The van der Waals surface area contributed by atoms with Crippen LogP contribution in [0.1, 0.15) is 25.0 Å². The number of benzene rings is 10. The molecule has 0 fully saturated rings. The maximum absolute atomic E-state index is 6.80. The number of furan rings is 1. The van der Waals surface area contributed by atoms with Crippen molar-refractivity contribution >= 4 is 85.8 Å². The molecule has 2 heteroatoms. The van der Waals surface area contributed by atoms with Gasteiger partial charge in [0.05, 0.1) is 0 Å². The van der Waals surface area contributed by atoms with E-state index in [1.165, 1.54) is 108 Å². The number of thiophene rings is 1. The van der Waals surface area contributed by atoms with Gasteiger partial charge in [-0.25, -0.2) is 0 Å². The molecule has 276 valence electrons. The third kappa shape index (κ3) is 4.61. The first-order valence-corrected chi connectivity index (χ1v) is 21.3. The lowest BCUT2D eigenvalue weighted by atomic mass is 9.82. The predicted octanol–water partition coefficient (Wildman–Crippen LogP) is 16.7. The van der Waals surface area contributed by atoms with Gasteiger partial charge >= 0.3 is 0 Å². The normalized spacial score (nSPS) is 13.4. The highest BCUT2D eigenvalue weighted by Gasteiger charge is 2.36. The molecule has 0 radical (unpaired) electrons. The van der Waals surface area contributed by atoms with E-state index in [0.717, 1.165) is 21.9 Å². The molecule has 1 aliphatic rings. The first kappa shape index (κ1) is 33.0. The summed E-state index contributed by atoms with van der Waals surface area (Å²) in [6.07, 6.45) is 0. The molecular formula is C57H36OS. The van der Waals surface area contributed by atoms with Gasteiger partial charge in [0.25, 0.3) is 0 Å². The number of rotatable bonds is 3. The van der Waals surface area contributed by atoms with Crippen LogP contribution in [0.15, 0.2) is 186 Å². The van der Waals surface area contributed by atoms with E-state index in [1.54, 1.807) is 0 Å². The quantitative estimate of drug-likeness (QED) is 0.163. The van der Waals surface area contributed by atoms with E-state index >= 15 is 0 Å². The second-order valence-electron chi connectivity index (χ2n) is 16.7. The Kier molecular flexibility index (Phi) is 6.73. The van der Waals surface area contributed by atoms with Crippen molar-refractivity contribution in [2.75, 3.05) is 0 Å². The highest BCUT2D eigenvalue weighted by atomic mass is 32.1. The van der Waals surface area contributed by atoms with Crippen LogP contribution in [0.5, 0.6) is 0 Å². The summed E-state index contributed by atoms with van der Waals surface area (Å²) in [6.45, 7) is 4.69. The van der Waals surface area contributed by atoms with Crippen LogP contribution in [0.25, 0.3) is 119 Å². The third-order valence-electron chi connectivity index (χ3n) is 13.3. The summed E-state index contributed by atoms with van der Waals surface area (Å²) < 4.78 is 9.46. The molecule has 0 atom stereocenters. The molecule has 0 amide bonds. The Hall–Kier alpha value is -7.00. The standard InChI is InChI=1S/C57H36OS/c1-57(2)49-21-11-9-14-37(49)46-32-51-47(31-50(46)57)48-30-45(36-13-3-8-20-44(36)56(48)58-51)33-23-25-34(26-24-33)54-40-16-4-6-18-42(40)55(43-19-7-5-17-41(43)54)35-27-28-39-38-15-10-12-22-52(38)59-53(39)29-35/h3-32H,1-2H3. The van der Waals surface area contributed by atoms with Crippen molar-refractivity contribution in [3.63, 3.8) is 0 Å². The van der Waals surface area contributed by atoms with Crippen LogP contribution < -0.4 is 0 Å². The van der Waals surface area contributed by atoms with Crippen molar-refractivity contribution in [3.8, 4) is 44.5 Å². The smallest absolute Gasteiger partial charge is 0.143 e. The number of hydrogen-bond acceptors (Lipinski definition) is 2. The summed E-state index contributed by atoms with van der Waals surface area (Å²) in [7, 11) is 0. The van der Waals surface area contributed by atoms with Crippen molar-refractivity contribution in [2.45, 2.75) is 19.3 Å². The minimum atomic E-state index is -0.0848. The van der Waals surface area contributed by atoms with Crippen molar-refractivity contribution < 1.29 is 4.42 Å². The first-order chi connectivity index (χ1) is 29.0. The van der Waals surface area contributed by atoms with Crippen LogP contribution in [0.2, 0.25) is 0 Å². The SMILES string of the molecule is CC1(C)c2ccccc2-c2cc3oc4c5ccccc5c(-c5ccc(-c6c7ccccc7c(-c7ccc8c(c7)sc7ccccc78)c7ccccc67)cc5)cc4c3cc21. The molecule has 2 heterocycles. The highest BCUT2D eigenvalue weighted by Crippen LogP contribution is 2.52. The van der Waals surface area contributed by atoms with Gasteiger partial charge in [0.15, 0.2) is 0 Å². The van der Waals surface area contributed by atoms with Gasteiger partial charge in [-0.05, 0) is 113 Å². The van der Waals surface area contributed by atoms with Crippen molar-refractivity contribution in [1.29, 1.82) is 0 Å². The van der Waals surface area contributed by atoms with Crippen LogP contribution in [-0.2, 0) is 5.41 Å². The molecule has 59 heavy (non-hydrogen) atoms. The van der Waals surface area contributed by atoms with Crippen LogP contribution in [0.3, 0.4) is 0 Å². The molecule has 1 aliphatic carbocycles. The summed E-state index contributed by atoms with van der Waals surface area (Å²) in [5.74, 6) is 0. The topological polar surface area (TPSA) is 13.1 Å². The molecule has 0 saturated carbocycles. The van der Waals surface area contributed by atoms with E-state index in [4.69, 9.17) is 4.42 Å². The Morgan fingerprint density at radius 1 is 0.356 bits per heavy atom. The monoisotopic (exact) mass is 768 g/mol. The van der Waals surface area contributed by atoms with E-state index in [1.807, 2.05) is 11.3 Å². The van der Waals surface area contributed by atoms with Gasteiger partial charge in [0.1, 0.15) is 11.2 Å². The van der Waals surface area contributed by atoms with Gasteiger partial charge in [0.2, 0.25) is 0 Å². The van der Waals surface area contributed by atoms with Crippen LogP contribution in [-0.4, -0.2) is 0 Å². The zero-order valence-corrected chi connectivity index (χ0v) is 33.5. The van der Waals surface area contributed by atoms with Crippen molar-refractivity contribution in [2.24, 2.45) is 0 Å². The molecule has 0 spiro atoms. The van der Waals surface area contributed by atoms with E-state index < -0.39 is 0 Å². The fourth-order valence-corrected chi connectivity index (χ4v) is 11.6. The Labute approximate surface area is 345 Å². The summed E-state index contributed by atoms with van der Waals surface area (Å²) in [5.41, 5.74) is 14.6. The Bertz CT molecular complexity index is 3690. The molecule has 0 aliphatic heterocycles. The molecule has 1 nitrogen and oxygen atoms in total. The van der Waals surface area contributed by atoms with E-state index in [-0.39, 0.29) is 5.41 Å². The number of hydrogen-bond donors (Lipinski definition) is 0. The number of fused-ring (bicyclic) bond motifs is 13. The fraction of sp³-hybridized carbons (Fsp3) is 0.0526. The highest BCUT2D eigenvalue weighted by molar-refractivity contribution is 7.25. The van der Waals surface area contributed by atoms with Gasteiger partial charge in [-0.3, -0.25) is 0 Å². The van der Waals surface area contributed by atoms with E-state index in [0.29, 0.717) is 0 Å². The van der Waals surface area contributed by atoms with Crippen molar-refractivity contribution in [1.82, 2.24) is 0 Å². The van der Waals surface area contributed by atoms with Crippen LogP contribution in [0.4, 0.5) is 0 Å². The lowest BCUT2D eigenvalue weighted by Gasteiger charge is -2.21.